The molecular weight excluding hydrogens is 288 g/mol. The summed E-state index contributed by atoms with van der Waals surface area (Å²) >= 11 is 3.87. The minimum atomic E-state index is 0.401. The van der Waals surface area contributed by atoms with Gasteiger partial charge in [-0.2, -0.15) is 0 Å². The van der Waals surface area contributed by atoms with Gasteiger partial charge in [0.25, 0.3) is 0 Å². The SMILES string of the molecule is CC1CCC(Br)C(CC2Cc3ccccc3O2)C1. The van der Waals surface area contributed by atoms with Crippen LogP contribution in [0, 0.1) is 11.8 Å². The number of hydrogen-bond acceptors (Lipinski definition) is 1. The zero-order valence-electron chi connectivity index (χ0n) is 10.9. The predicted octanol–water partition coefficient (Wildman–Crippen LogP) is 4.58. The van der Waals surface area contributed by atoms with Crippen LogP contribution in [0.15, 0.2) is 24.3 Å². The lowest BCUT2D eigenvalue weighted by Gasteiger charge is -2.32. The smallest absolute Gasteiger partial charge is 0.123 e. The average Bonchev–Trinajstić information content (AvgIpc) is 2.76. The summed E-state index contributed by atoms with van der Waals surface area (Å²) in [5, 5.41) is 0. The van der Waals surface area contributed by atoms with Crippen LogP contribution in [0.1, 0.15) is 38.2 Å². The molecule has 0 amide bonds. The molecule has 4 unspecified atom stereocenters. The molecule has 0 saturated heterocycles. The van der Waals surface area contributed by atoms with E-state index in [1.165, 1.54) is 31.2 Å². The first-order chi connectivity index (χ1) is 8.72. The second kappa shape index (κ2) is 5.24. The van der Waals surface area contributed by atoms with Gasteiger partial charge in [-0.15, -0.1) is 0 Å². The molecule has 2 heteroatoms. The maximum Gasteiger partial charge on any atom is 0.123 e. The number of alkyl halides is 1. The summed E-state index contributed by atoms with van der Waals surface area (Å²) in [6.45, 7) is 2.39. The zero-order chi connectivity index (χ0) is 12.5. The van der Waals surface area contributed by atoms with Crippen LogP contribution in [0.4, 0.5) is 0 Å². The largest absolute Gasteiger partial charge is 0.490 e. The first kappa shape index (κ1) is 12.5. The van der Waals surface area contributed by atoms with Crippen LogP contribution in [0.25, 0.3) is 0 Å². The zero-order valence-corrected chi connectivity index (χ0v) is 12.5. The van der Waals surface area contributed by atoms with Crippen molar-refractivity contribution in [2.24, 2.45) is 11.8 Å². The highest BCUT2D eigenvalue weighted by Crippen LogP contribution is 2.39. The van der Waals surface area contributed by atoms with E-state index in [1.807, 2.05) is 0 Å². The molecule has 1 aromatic carbocycles. The van der Waals surface area contributed by atoms with Gasteiger partial charge in [0.2, 0.25) is 0 Å². The summed E-state index contributed by atoms with van der Waals surface area (Å²) in [5.41, 5.74) is 1.39. The van der Waals surface area contributed by atoms with Crippen LogP contribution in [0.5, 0.6) is 5.75 Å². The minimum absolute atomic E-state index is 0.401. The Hall–Kier alpha value is -0.500. The summed E-state index contributed by atoms with van der Waals surface area (Å²) in [6, 6.07) is 8.48. The van der Waals surface area contributed by atoms with Gasteiger partial charge in [0, 0.05) is 11.2 Å². The second-order valence-corrected chi connectivity index (χ2v) is 7.16. The monoisotopic (exact) mass is 308 g/mol. The fraction of sp³-hybridized carbons (Fsp3) is 0.625. The van der Waals surface area contributed by atoms with E-state index in [0.717, 1.165) is 24.0 Å². The number of para-hydroxylation sites is 1. The summed E-state index contributed by atoms with van der Waals surface area (Å²) in [5.74, 6) is 2.78. The van der Waals surface area contributed by atoms with Crippen molar-refractivity contribution < 1.29 is 4.74 Å². The van der Waals surface area contributed by atoms with Gasteiger partial charge in [0.05, 0.1) is 0 Å². The third-order valence-corrected chi connectivity index (χ3v) is 5.64. The first-order valence-corrected chi connectivity index (χ1v) is 8.02. The summed E-state index contributed by atoms with van der Waals surface area (Å²) in [4.78, 5) is 0.695. The maximum absolute atomic E-state index is 6.07. The van der Waals surface area contributed by atoms with Gasteiger partial charge in [-0.1, -0.05) is 41.1 Å². The van der Waals surface area contributed by atoms with Gasteiger partial charge in [0.1, 0.15) is 11.9 Å². The Morgan fingerprint density at radius 2 is 2.11 bits per heavy atom. The molecule has 0 spiro atoms. The summed E-state index contributed by atoms with van der Waals surface area (Å²) < 4.78 is 6.07. The standard InChI is InChI=1S/C16H21BrO/c1-11-6-7-15(17)13(8-11)10-14-9-12-4-2-3-5-16(12)18-14/h2-5,11,13-15H,6-10H2,1H3. The highest BCUT2D eigenvalue weighted by molar-refractivity contribution is 9.09. The van der Waals surface area contributed by atoms with Gasteiger partial charge in [-0.3, -0.25) is 0 Å². The third-order valence-electron chi connectivity index (χ3n) is 4.43. The van der Waals surface area contributed by atoms with Crippen molar-refractivity contribution in [1.82, 2.24) is 0 Å². The van der Waals surface area contributed by atoms with Crippen molar-refractivity contribution in [1.29, 1.82) is 0 Å². The highest BCUT2D eigenvalue weighted by Gasteiger charge is 2.32. The highest BCUT2D eigenvalue weighted by atomic mass is 79.9. The molecule has 1 saturated carbocycles. The van der Waals surface area contributed by atoms with Gasteiger partial charge in [0.15, 0.2) is 0 Å². The molecule has 18 heavy (non-hydrogen) atoms. The number of rotatable bonds is 2. The van der Waals surface area contributed by atoms with Gasteiger partial charge >= 0.3 is 0 Å². The van der Waals surface area contributed by atoms with Crippen LogP contribution >= 0.6 is 15.9 Å². The summed E-state index contributed by atoms with van der Waals surface area (Å²) in [7, 11) is 0. The Bertz CT molecular complexity index is 392. The Balaban J connectivity index is 1.62. The lowest BCUT2D eigenvalue weighted by atomic mass is 9.79. The van der Waals surface area contributed by atoms with Crippen LogP contribution in [0.3, 0.4) is 0 Å². The maximum atomic E-state index is 6.07. The molecule has 98 valence electrons. The average molecular weight is 309 g/mol. The molecule has 1 aliphatic carbocycles. The molecule has 1 heterocycles. The van der Waals surface area contributed by atoms with Crippen LogP contribution in [0.2, 0.25) is 0 Å². The van der Waals surface area contributed by atoms with Gasteiger partial charge < -0.3 is 4.74 Å². The van der Waals surface area contributed by atoms with Gasteiger partial charge in [-0.25, -0.2) is 0 Å². The lowest BCUT2D eigenvalue weighted by molar-refractivity contribution is 0.166. The van der Waals surface area contributed by atoms with E-state index in [2.05, 4.69) is 47.1 Å². The van der Waals surface area contributed by atoms with Crippen molar-refractivity contribution in [3.05, 3.63) is 29.8 Å². The number of ether oxygens (including phenoxy) is 1. The molecule has 4 atom stereocenters. The molecule has 0 N–H and O–H groups in total. The molecule has 3 rings (SSSR count). The Morgan fingerprint density at radius 1 is 1.28 bits per heavy atom. The predicted molar refractivity (Wildman–Crippen MR) is 78.4 cm³/mol. The third kappa shape index (κ3) is 2.59. The molecule has 0 aromatic heterocycles. The van der Waals surface area contributed by atoms with Crippen molar-refractivity contribution >= 4 is 15.9 Å². The Kier molecular flexibility index (Phi) is 3.65. The quantitative estimate of drug-likeness (QED) is 0.727. The van der Waals surface area contributed by atoms with Crippen LogP contribution in [-0.4, -0.2) is 10.9 Å². The summed E-state index contributed by atoms with van der Waals surface area (Å²) in [6.07, 6.45) is 6.75. The number of benzene rings is 1. The Labute approximate surface area is 118 Å². The van der Waals surface area contributed by atoms with Crippen molar-refractivity contribution in [3.63, 3.8) is 0 Å². The van der Waals surface area contributed by atoms with E-state index < -0.39 is 0 Å². The van der Waals surface area contributed by atoms with E-state index in [-0.39, 0.29) is 0 Å². The fourth-order valence-electron chi connectivity index (χ4n) is 3.43. The fourth-order valence-corrected chi connectivity index (χ4v) is 4.12. The second-order valence-electron chi connectivity index (χ2n) is 5.98. The van der Waals surface area contributed by atoms with Crippen LogP contribution < -0.4 is 4.74 Å². The molecule has 1 aliphatic heterocycles. The normalized spacial score (nSPS) is 35.0. The van der Waals surface area contributed by atoms with E-state index in [4.69, 9.17) is 4.74 Å². The molecular formula is C16H21BrO. The van der Waals surface area contributed by atoms with Gasteiger partial charge in [-0.05, 0) is 49.1 Å². The molecule has 0 bridgehead atoms. The topological polar surface area (TPSA) is 9.23 Å². The molecule has 0 radical (unpaired) electrons. The van der Waals surface area contributed by atoms with Crippen molar-refractivity contribution in [2.75, 3.05) is 0 Å². The Morgan fingerprint density at radius 3 is 2.94 bits per heavy atom. The number of hydrogen-bond donors (Lipinski definition) is 0. The molecule has 1 fully saturated rings. The van der Waals surface area contributed by atoms with E-state index >= 15 is 0 Å². The molecule has 1 nitrogen and oxygen atoms in total. The van der Waals surface area contributed by atoms with Crippen molar-refractivity contribution in [3.8, 4) is 5.75 Å². The van der Waals surface area contributed by atoms with Crippen molar-refractivity contribution in [2.45, 2.75) is 50.0 Å². The minimum Gasteiger partial charge on any atom is -0.490 e. The van der Waals surface area contributed by atoms with E-state index in [0.29, 0.717) is 10.9 Å². The number of fused-ring (bicyclic) bond motifs is 1. The molecule has 2 aliphatic rings. The first-order valence-electron chi connectivity index (χ1n) is 7.11. The lowest BCUT2D eigenvalue weighted by Crippen LogP contribution is -2.29. The number of halogens is 1. The van der Waals surface area contributed by atoms with Crippen LogP contribution in [-0.2, 0) is 6.42 Å². The van der Waals surface area contributed by atoms with E-state index in [1.54, 1.807) is 0 Å². The van der Waals surface area contributed by atoms with E-state index in [9.17, 15) is 0 Å². The molecule has 1 aromatic rings.